The lowest BCUT2D eigenvalue weighted by atomic mass is 10.1. The number of hydrogen-bond donors (Lipinski definition) is 1. The van der Waals surface area contributed by atoms with Crippen molar-refractivity contribution >= 4 is 34.0 Å². The summed E-state index contributed by atoms with van der Waals surface area (Å²) in [7, 11) is 0. The second-order valence-electron chi connectivity index (χ2n) is 5.24. The van der Waals surface area contributed by atoms with Gasteiger partial charge in [-0.05, 0) is 31.4 Å². The Balaban J connectivity index is 1.80. The summed E-state index contributed by atoms with van der Waals surface area (Å²) in [6.45, 7) is 4.10. The molecule has 0 spiro atoms. The summed E-state index contributed by atoms with van der Waals surface area (Å²) in [6.07, 6.45) is 0.986. The van der Waals surface area contributed by atoms with Crippen LogP contribution in [0.4, 0.5) is 5.13 Å². The summed E-state index contributed by atoms with van der Waals surface area (Å²) in [6, 6.07) is 7.58. The van der Waals surface area contributed by atoms with Crippen LogP contribution in [0.3, 0.4) is 0 Å². The van der Waals surface area contributed by atoms with Crippen LogP contribution in [0, 0.1) is 18.8 Å². The van der Waals surface area contributed by atoms with Gasteiger partial charge in [0.2, 0.25) is 5.91 Å². The molecule has 1 saturated carbocycles. The van der Waals surface area contributed by atoms with E-state index in [-0.39, 0.29) is 11.8 Å². The van der Waals surface area contributed by atoms with Crippen LogP contribution >= 0.6 is 22.9 Å². The van der Waals surface area contributed by atoms with Gasteiger partial charge in [0.05, 0.1) is 5.69 Å². The molecule has 5 heteroatoms. The predicted molar refractivity (Wildman–Crippen MR) is 83.2 cm³/mol. The Morgan fingerprint density at radius 1 is 1.40 bits per heavy atom. The minimum atomic E-state index is 0.0916. The van der Waals surface area contributed by atoms with E-state index in [4.69, 9.17) is 11.6 Å². The summed E-state index contributed by atoms with van der Waals surface area (Å²) in [5, 5.41) is 4.30. The van der Waals surface area contributed by atoms with Crippen molar-refractivity contribution in [1.29, 1.82) is 0 Å². The highest BCUT2D eigenvalue weighted by Crippen LogP contribution is 2.39. The molecule has 0 aliphatic heterocycles. The molecule has 0 unspecified atom stereocenters. The summed E-state index contributed by atoms with van der Waals surface area (Å²) in [4.78, 5) is 17.5. The number of carbonyl (C=O) groups excluding carboxylic acids is 1. The average molecular weight is 307 g/mol. The Morgan fingerprint density at radius 2 is 2.05 bits per heavy atom. The molecule has 3 nitrogen and oxygen atoms in total. The molecule has 20 heavy (non-hydrogen) atoms. The van der Waals surface area contributed by atoms with Crippen LogP contribution in [-0.2, 0) is 4.79 Å². The van der Waals surface area contributed by atoms with Gasteiger partial charge in [-0.2, -0.15) is 0 Å². The molecule has 0 radical (unpaired) electrons. The number of aryl methyl sites for hydroxylation is 1. The molecule has 1 aliphatic carbocycles. The van der Waals surface area contributed by atoms with E-state index < -0.39 is 0 Å². The maximum atomic E-state index is 11.9. The Bertz CT molecular complexity index is 650. The van der Waals surface area contributed by atoms with Crippen LogP contribution in [0.5, 0.6) is 0 Å². The lowest BCUT2D eigenvalue weighted by Gasteiger charge is -1.99. The van der Waals surface area contributed by atoms with Crippen LogP contribution in [0.1, 0.15) is 18.2 Å². The van der Waals surface area contributed by atoms with Crippen molar-refractivity contribution in [2.45, 2.75) is 20.3 Å². The van der Waals surface area contributed by atoms with Gasteiger partial charge in [-0.15, -0.1) is 11.3 Å². The van der Waals surface area contributed by atoms with E-state index in [1.807, 2.05) is 31.2 Å². The Hall–Kier alpha value is -1.39. The van der Waals surface area contributed by atoms with Crippen molar-refractivity contribution in [3.8, 4) is 11.3 Å². The van der Waals surface area contributed by atoms with Crippen LogP contribution < -0.4 is 5.32 Å². The van der Waals surface area contributed by atoms with Gasteiger partial charge in [0.25, 0.3) is 0 Å². The van der Waals surface area contributed by atoms with Gasteiger partial charge in [0.1, 0.15) is 0 Å². The normalized spacial score (nSPS) is 20.8. The molecule has 1 fully saturated rings. The fraction of sp³-hybridized carbons (Fsp3) is 0.333. The minimum absolute atomic E-state index is 0.0916. The number of hydrogen-bond acceptors (Lipinski definition) is 3. The highest BCUT2D eigenvalue weighted by atomic mass is 35.5. The van der Waals surface area contributed by atoms with Crippen molar-refractivity contribution in [3.05, 3.63) is 34.2 Å². The average Bonchev–Trinajstić information content (AvgIpc) is 3.03. The number of anilines is 1. The highest BCUT2D eigenvalue weighted by molar-refractivity contribution is 7.16. The largest absolute Gasteiger partial charge is 0.302 e. The van der Waals surface area contributed by atoms with E-state index in [1.165, 1.54) is 11.3 Å². The minimum Gasteiger partial charge on any atom is -0.302 e. The molecular weight excluding hydrogens is 292 g/mol. The monoisotopic (exact) mass is 306 g/mol. The first kappa shape index (κ1) is 13.6. The molecule has 0 bridgehead atoms. The number of carbonyl (C=O) groups is 1. The molecule has 2 aromatic rings. The van der Waals surface area contributed by atoms with Crippen molar-refractivity contribution in [1.82, 2.24) is 4.98 Å². The third kappa shape index (κ3) is 2.72. The molecule has 1 aliphatic rings. The van der Waals surface area contributed by atoms with E-state index in [1.54, 1.807) is 0 Å². The molecular formula is C15H15ClN2OS. The van der Waals surface area contributed by atoms with E-state index in [0.29, 0.717) is 16.1 Å². The number of benzene rings is 1. The number of nitrogens with zero attached hydrogens (tertiary/aromatic N) is 1. The summed E-state index contributed by atoms with van der Waals surface area (Å²) in [5.74, 6) is 0.763. The fourth-order valence-corrected chi connectivity index (χ4v) is 3.18. The molecule has 104 valence electrons. The van der Waals surface area contributed by atoms with Crippen molar-refractivity contribution in [2.75, 3.05) is 5.32 Å². The first-order valence-electron chi connectivity index (χ1n) is 6.59. The molecule has 1 heterocycles. The highest BCUT2D eigenvalue weighted by Gasteiger charge is 2.39. The van der Waals surface area contributed by atoms with Gasteiger partial charge in [-0.25, -0.2) is 4.98 Å². The maximum absolute atomic E-state index is 11.9. The summed E-state index contributed by atoms with van der Waals surface area (Å²) >= 11 is 7.41. The maximum Gasteiger partial charge on any atom is 0.229 e. The van der Waals surface area contributed by atoms with Gasteiger partial charge in [-0.3, -0.25) is 4.79 Å². The van der Waals surface area contributed by atoms with E-state index in [2.05, 4.69) is 17.2 Å². The standard InChI is InChI=1S/C15H15ClN2OS/c1-8-7-12(8)14(19)18-15-17-13(9(2)20-15)10-3-5-11(16)6-4-10/h3-6,8,12H,7H2,1-2H3,(H,17,18,19)/t8-,12+/m1/s1. The number of nitrogens with one attached hydrogen (secondary N) is 1. The third-order valence-electron chi connectivity index (χ3n) is 3.59. The summed E-state index contributed by atoms with van der Waals surface area (Å²) < 4.78 is 0. The van der Waals surface area contributed by atoms with Gasteiger partial charge < -0.3 is 5.32 Å². The van der Waals surface area contributed by atoms with Gasteiger partial charge in [0.15, 0.2) is 5.13 Å². The zero-order valence-corrected chi connectivity index (χ0v) is 12.9. The molecule has 1 aromatic carbocycles. The second kappa shape index (κ2) is 5.19. The zero-order valence-electron chi connectivity index (χ0n) is 11.3. The molecule has 1 N–H and O–H groups in total. The van der Waals surface area contributed by atoms with Crippen molar-refractivity contribution in [2.24, 2.45) is 11.8 Å². The second-order valence-corrected chi connectivity index (χ2v) is 6.88. The van der Waals surface area contributed by atoms with Crippen LogP contribution in [0.25, 0.3) is 11.3 Å². The quantitative estimate of drug-likeness (QED) is 0.915. The Kier molecular flexibility index (Phi) is 3.52. The third-order valence-corrected chi connectivity index (χ3v) is 4.73. The molecule has 0 saturated heterocycles. The molecule has 2 atom stereocenters. The molecule has 3 rings (SSSR count). The number of amides is 1. The molecule has 1 amide bonds. The predicted octanol–water partition coefficient (Wildman–Crippen LogP) is 4.37. The number of aromatic nitrogens is 1. The zero-order chi connectivity index (χ0) is 14.3. The van der Waals surface area contributed by atoms with Crippen molar-refractivity contribution in [3.63, 3.8) is 0 Å². The Morgan fingerprint density at radius 3 is 2.65 bits per heavy atom. The van der Waals surface area contributed by atoms with E-state index in [9.17, 15) is 4.79 Å². The number of thiazole rings is 1. The van der Waals surface area contributed by atoms with Gasteiger partial charge in [0, 0.05) is 21.4 Å². The van der Waals surface area contributed by atoms with Crippen LogP contribution in [-0.4, -0.2) is 10.9 Å². The SMILES string of the molecule is Cc1sc(NC(=O)[C@H]2C[C@H]2C)nc1-c1ccc(Cl)cc1. The first-order valence-corrected chi connectivity index (χ1v) is 7.78. The number of rotatable bonds is 3. The van der Waals surface area contributed by atoms with Crippen molar-refractivity contribution < 1.29 is 4.79 Å². The number of halogens is 1. The van der Waals surface area contributed by atoms with Crippen LogP contribution in [0.15, 0.2) is 24.3 Å². The smallest absolute Gasteiger partial charge is 0.229 e. The summed E-state index contributed by atoms with van der Waals surface area (Å²) in [5.41, 5.74) is 1.93. The van der Waals surface area contributed by atoms with Gasteiger partial charge >= 0.3 is 0 Å². The van der Waals surface area contributed by atoms with Crippen LogP contribution in [0.2, 0.25) is 5.02 Å². The lowest BCUT2D eigenvalue weighted by molar-refractivity contribution is -0.117. The lowest BCUT2D eigenvalue weighted by Crippen LogP contribution is -2.14. The topological polar surface area (TPSA) is 42.0 Å². The fourth-order valence-electron chi connectivity index (χ4n) is 2.21. The first-order chi connectivity index (χ1) is 9.54. The van der Waals surface area contributed by atoms with Gasteiger partial charge in [-0.1, -0.05) is 30.7 Å². The Labute approximate surface area is 127 Å². The van der Waals surface area contributed by atoms with E-state index >= 15 is 0 Å². The molecule has 1 aromatic heterocycles. The van der Waals surface area contributed by atoms with E-state index in [0.717, 1.165) is 22.6 Å².